The summed E-state index contributed by atoms with van der Waals surface area (Å²) in [5.41, 5.74) is 0. The van der Waals surface area contributed by atoms with E-state index in [9.17, 15) is 9.59 Å². The maximum absolute atomic E-state index is 11.9. The molecule has 1 aromatic rings. The Hall–Kier alpha value is -2.05. The van der Waals surface area contributed by atoms with Gasteiger partial charge in [0.1, 0.15) is 5.03 Å². The molecule has 0 spiro atoms. The maximum atomic E-state index is 11.9. The van der Waals surface area contributed by atoms with E-state index in [2.05, 4.69) is 16.9 Å². The number of hydrogen-bond acceptors (Lipinski definition) is 5. The van der Waals surface area contributed by atoms with Gasteiger partial charge in [-0.05, 0) is 24.0 Å². The van der Waals surface area contributed by atoms with Crippen molar-refractivity contribution < 1.29 is 9.59 Å². The quantitative estimate of drug-likeness (QED) is 0.640. The molecule has 1 N–H and O–H groups in total. The largest absolute Gasteiger partial charge is 0.287 e. The first-order valence-corrected chi connectivity index (χ1v) is 8.08. The molecule has 6 heteroatoms. The van der Waals surface area contributed by atoms with Crippen molar-refractivity contribution in [1.29, 1.82) is 0 Å². The summed E-state index contributed by atoms with van der Waals surface area (Å²) in [5.74, 6) is -0.744. The minimum Gasteiger partial charge on any atom is -0.287 e. The highest BCUT2D eigenvalue weighted by molar-refractivity contribution is 8.10. The average molecular weight is 330 g/mol. The molecular formula is C16H14N2O2S2. The average Bonchev–Trinajstić information content (AvgIpc) is 2.76. The number of nitrogens with one attached hydrogen (secondary N) is 1. The van der Waals surface area contributed by atoms with E-state index >= 15 is 0 Å². The molecule has 2 amide bonds. The van der Waals surface area contributed by atoms with Crippen LogP contribution in [0.4, 0.5) is 0 Å². The summed E-state index contributed by atoms with van der Waals surface area (Å²) < 4.78 is 0. The van der Waals surface area contributed by atoms with Crippen LogP contribution in [0.2, 0.25) is 0 Å². The van der Waals surface area contributed by atoms with Crippen molar-refractivity contribution in [3.63, 3.8) is 0 Å². The first kappa shape index (κ1) is 16.3. The van der Waals surface area contributed by atoms with Crippen LogP contribution in [0.3, 0.4) is 0 Å². The highest BCUT2D eigenvalue weighted by Crippen LogP contribution is 2.38. The van der Waals surface area contributed by atoms with Crippen LogP contribution in [0.5, 0.6) is 0 Å². The van der Waals surface area contributed by atoms with E-state index in [1.165, 1.54) is 23.5 Å². The van der Waals surface area contributed by atoms with Gasteiger partial charge in [-0.25, -0.2) is 4.98 Å². The van der Waals surface area contributed by atoms with Gasteiger partial charge in [0.25, 0.3) is 11.8 Å². The molecule has 112 valence electrons. The van der Waals surface area contributed by atoms with Crippen molar-refractivity contribution >= 4 is 35.3 Å². The van der Waals surface area contributed by atoms with Crippen LogP contribution < -0.4 is 5.32 Å². The molecule has 0 saturated carbocycles. The molecule has 4 nitrogen and oxygen atoms in total. The van der Waals surface area contributed by atoms with Crippen LogP contribution in [-0.2, 0) is 9.59 Å². The monoisotopic (exact) mass is 330 g/mol. The Kier molecular flexibility index (Phi) is 5.80. The minimum absolute atomic E-state index is 0.367. The maximum Gasteiger partial charge on any atom is 0.266 e. The Morgan fingerprint density at radius 1 is 1.23 bits per heavy atom. The van der Waals surface area contributed by atoms with E-state index in [0.717, 1.165) is 4.91 Å². The smallest absolute Gasteiger partial charge is 0.266 e. The molecule has 0 bridgehead atoms. The lowest BCUT2D eigenvalue weighted by atomic mass is 10.4. The molecule has 0 atom stereocenters. The Morgan fingerprint density at radius 2 is 2.00 bits per heavy atom. The molecule has 0 unspecified atom stereocenters. The van der Waals surface area contributed by atoms with E-state index in [1.807, 2.05) is 25.1 Å². The Balaban J connectivity index is 2.24. The number of pyridine rings is 1. The molecule has 1 aliphatic rings. The van der Waals surface area contributed by atoms with Gasteiger partial charge in [0.05, 0.1) is 9.81 Å². The number of aromatic nitrogens is 1. The third-order valence-corrected chi connectivity index (χ3v) is 4.76. The normalized spacial score (nSPS) is 15.6. The molecule has 0 saturated heterocycles. The molecule has 0 aromatic carbocycles. The second-order valence-electron chi connectivity index (χ2n) is 4.21. The number of imide groups is 1. The molecule has 0 radical (unpaired) electrons. The van der Waals surface area contributed by atoms with E-state index in [4.69, 9.17) is 0 Å². The lowest BCUT2D eigenvalue weighted by molar-refractivity contribution is -0.123. The van der Waals surface area contributed by atoms with E-state index in [1.54, 1.807) is 30.5 Å². The molecule has 22 heavy (non-hydrogen) atoms. The fourth-order valence-corrected chi connectivity index (χ4v) is 3.43. The number of carbonyl (C=O) groups is 2. The molecular weight excluding hydrogens is 316 g/mol. The number of hydrogen-bond donors (Lipinski definition) is 1. The van der Waals surface area contributed by atoms with Crippen LogP contribution in [-0.4, -0.2) is 16.8 Å². The van der Waals surface area contributed by atoms with Crippen molar-refractivity contribution in [3.8, 4) is 0 Å². The molecule has 2 rings (SSSR count). The molecule has 1 aliphatic heterocycles. The standard InChI is InChI=1S/C16H14N2O2S2/c1-3-4-5-8-11(2)21-13-14(16(20)18-15(13)19)22-12-9-6-7-10-17-12/h3-10H,1H2,2H3,(H,18,19,20)/b5-4-,11-8+. The highest BCUT2D eigenvalue weighted by Gasteiger charge is 2.31. The van der Waals surface area contributed by atoms with E-state index in [0.29, 0.717) is 14.8 Å². The second kappa shape index (κ2) is 7.82. The number of nitrogens with zero attached hydrogens (tertiary/aromatic N) is 1. The molecule has 0 fully saturated rings. The molecule has 1 aromatic heterocycles. The van der Waals surface area contributed by atoms with Crippen molar-refractivity contribution in [2.45, 2.75) is 11.9 Å². The van der Waals surface area contributed by atoms with Crippen molar-refractivity contribution in [2.75, 3.05) is 0 Å². The minimum atomic E-state index is -0.377. The second-order valence-corrected chi connectivity index (χ2v) is 6.50. The SMILES string of the molecule is C=C/C=C\C=C(/C)SC1=C(Sc2ccccn2)C(=O)NC1=O. The first-order chi connectivity index (χ1) is 10.6. The number of carbonyl (C=O) groups excluding carboxylic acids is 2. The van der Waals surface area contributed by atoms with Crippen LogP contribution in [0.25, 0.3) is 0 Å². The highest BCUT2D eigenvalue weighted by atomic mass is 32.2. The summed E-state index contributed by atoms with van der Waals surface area (Å²) in [4.78, 5) is 29.7. The third-order valence-electron chi connectivity index (χ3n) is 2.53. The van der Waals surface area contributed by atoms with Gasteiger partial charge >= 0.3 is 0 Å². The van der Waals surface area contributed by atoms with Crippen LogP contribution >= 0.6 is 23.5 Å². The summed E-state index contributed by atoms with van der Waals surface area (Å²) in [5, 5.41) is 3.00. The zero-order valence-electron chi connectivity index (χ0n) is 11.9. The molecule has 2 heterocycles. The van der Waals surface area contributed by atoms with Gasteiger partial charge in [0, 0.05) is 6.20 Å². The van der Waals surface area contributed by atoms with Gasteiger partial charge in [0.15, 0.2) is 0 Å². The number of thioether (sulfide) groups is 2. The summed E-state index contributed by atoms with van der Waals surface area (Å²) in [6.07, 6.45) is 8.80. The van der Waals surface area contributed by atoms with Gasteiger partial charge in [-0.1, -0.05) is 60.5 Å². The van der Waals surface area contributed by atoms with Crippen LogP contribution in [0, 0.1) is 0 Å². The predicted octanol–water partition coefficient (Wildman–Crippen LogP) is 3.42. The lowest BCUT2D eigenvalue weighted by Crippen LogP contribution is -2.22. The van der Waals surface area contributed by atoms with Crippen LogP contribution in [0.1, 0.15) is 6.92 Å². The fraction of sp³-hybridized carbons (Fsp3) is 0.0625. The lowest BCUT2D eigenvalue weighted by Gasteiger charge is -2.03. The van der Waals surface area contributed by atoms with E-state index < -0.39 is 0 Å². The van der Waals surface area contributed by atoms with Gasteiger partial charge in [-0.3, -0.25) is 14.9 Å². The van der Waals surface area contributed by atoms with Crippen LogP contribution in [0.15, 0.2) is 75.0 Å². The van der Waals surface area contributed by atoms with Gasteiger partial charge < -0.3 is 0 Å². The van der Waals surface area contributed by atoms with Gasteiger partial charge in [-0.2, -0.15) is 0 Å². The zero-order valence-corrected chi connectivity index (χ0v) is 13.5. The van der Waals surface area contributed by atoms with Crippen molar-refractivity contribution in [3.05, 3.63) is 70.0 Å². The van der Waals surface area contributed by atoms with E-state index in [-0.39, 0.29) is 11.8 Å². The topological polar surface area (TPSA) is 59.1 Å². The summed E-state index contributed by atoms with van der Waals surface area (Å²) in [6, 6.07) is 5.43. The van der Waals surface area contributed by atoms with Crippen molar-refractivity contribution in [2.24, 2.45) is 0 Å². The summed E-state index contributed by atoms with van der Waals surface area (Å²) in [6.45, 7) is 5.47. The first-order valence-electron chi connectivity index (χ1n) is 6.44. The predicted molar refractivity (Wildman–Crippen MR) is 91.0 cm³/mol. The number of allylic oxidation sites excluding steroid dienone is 5. The summed E-state index contributed by atoms with van der Waals surface area (Å²) >= 11 is 2.47. The van der Waals surface area contributed by atoms with Gasteiger partial charge in [-0.15, -0.1) is 0 Å². The summed E-state index contributed by atoms with van der Waals surface area (Å²) in [7, 11) is 0. The van der Waals surface area contributed by atoms with Gasteiger partial charge in [0.2, 0.25) is 0 Å². The fourth-order valence-electron chi connectivity index (χ4n) is 1.58. The number of amides is 2. The Labute approximate surface area is 137 Å². The third kappa shape index (κ3) is 4.22. The Bertz CT molecular complexity index is 691. The number of rotatable bonds is 6. The molecule has 0 aliphatic carbocycles. The Morgan fingerprint density at radius 3 is 2.68 bits per heavy atom. The van der Waals surface area contributed by atoms with Crippen molar-refractivity contribution in [1.82, 2.24) is 10.3 Å². The zero-order chi connectivity index (χ0) is 15.9.